The monoisotopic (exact) mass is 126 g/mol. The van der Waals surface area contributed by atoms with Crippen LogP contribution in [0.3, 0.4) is 0 Å². The molecule has 0 aromatic heterocycles. The van der Waals surface area contributed by atoms with Crippen molar-refractivity contribution in [2.45, 2.75) is 0 Å². The van der Waals surface area contributed by atoms with Crippen LogP contribution in [0.5, 0.6) is 0 Å². The summed E-state index contributed by atoms with van der Waals surface area (Å²) in [6, 6.07) is 0. The Morgan fingerprint density at radius 3 is 0.600 bits per heavy atom. The molecule has 0 rings (SSSR count). The van der Waals surface area contributed by atoms with E-state index in [0.29, 0.717) is 0 Å². The maximum Gasteiger partial charge on any atom is 0 e. The van der Waals surface area contributed by atoms with Gasteiger partial charge in [-0.25, -0.2) is 0 Å². The fourth-order valence-corrected chi connectivity index (χ4v) is 0. The van der Waals surface area contributed by atoms with E-state index < -0.39 is 0 Å². The van der Waals surface area contributed by atoms with Gasteiger partial charge in [0.15, 0.2) is 0 Å². The molecule has 0 spiro atoms. The molecule has 5 heavy (non-hydrogen) atoms. The first-order chi connectivity index (χ1) is 0. The van der Waals surface area contributed by atoms with Crippen molar-refractivity contribution in [1.29, 1.82) is 0 Å². The minimum absolute atomic E-state index is 0. The van der Waals surface area contributed by atoms with Gasteiger partial charge in [-0.3, -0.25) is 4.70 Å². The van der Waals surface area contributed by atoms with Crippen molar-refractivity contribution in [2.24, 2.45) is 0 Å². The molecule has 0 heterocycles. The van der Waals surface area contributed by atoms with E-state index >= 15 is 0 Å². The molecule has 38 valence electrons. The van der Waals surface area contributed by atoms with Crippen LogP contribution in [-0.4, -0.2) is 16.4 Å². The first-order valence-corrected chi connectivity index (χ1v) is 0. The van der Waals surface area contributed by atoms with Crippen molar-refractivity contribution in [2.75, 3.05) is 0 Å². The number of hydrogen-bond donors (Lipinski definition) is 0. The van der Waals surface area contributed by atoms with Crippen molar-refractivity contribution in [3.63, 3.8) is 0 Å². The van der Waals surface area contributed by atoms with Gasteiger partial charge in [-0.1, -0.05) is 0 Å². The SMILES string of the molecule is F.O.O.O.[Cr]. The largest absolute Gasteiger partial charge is 0.412 e. The summed E-state index contributed by atoms with van der Waals surface area (Å²) in [5, 5.41) is 0. The van der Waals surface area contributed by atoms with Crippen LogP contribution < -0.4 is 0 Å². The van der Waals surface area contributed by atoms with E-state index in [4.69, 9.17) is 0 Å². The Kier molecular flexibility index (Phi) is 71100. The second kappa shape index (κ2) is 414. The molecule has 0 aliphatic rings. The molecule has 0 aliphatic carbocycles. The van der Waals surface area contributed by atoms with Gasteiger partial charge in [0.25, 0.3) is 0 Å². The third-order valence-electron chi connectivity index (χ3n) is 0. The normalized spacial score (nSPS) is 0. The maximum atomic E-state index is 0. The summed E-state index contributed by atoms with van der Waals surface area (Å²) in [4.78, 5) is 0. The van der Waals surface area contributed by atoms with Gasteiger partial charge in [0.2, 0.25) is 0 Å². The van der Waals surface area contributed by atoms with Crippen LogP contribution in [0.1, 0.15) is 0 Å². The first-order valence-electron chi connectivity index (χ1n) is 0. The van der Waals surface area contributed by atoms with Crippen LogP contribution in [0.4, 0.5) is 4.70 Å². The molecule has 0 saturated heterocycles. The molecule has 0 radical (unpaired) electrons. The second-order valence-electron chi connectivity index (χ2n) is 0. The van der Waals surface area contributed by atoms with E-state index in [1.54, 1.807) is 0 Å². The Labute approximate surface area is 39.4 Å². The van der Waals surface area contributed by atoms with Crippen LogP contribution in [0.25, 0.3) is 0 Å². The summed E-state index contributed by atoms with van der Waals surface area (Å²) in [5.74, 6) is 0. The van der Waals surface area contributed by atoms with E-state index in [-0.39, 0.29) is 38.5 Å². The molecule has 3 nitrogen and oxygen atoms in total. The number of hydrogen-bond acceptors (Lipinski definition) is 0. The Balaban J connectivity index is 0. The van der Waals surface area contributed by atoms with Crippen LogP contribution in [-0.2, 0) is 17.4 Å². The van der Waals surface area contributed by atoms with Crippen LogP contribution in [0, 0.1) is 0 Å². The van der Waals surface area contributed by atoms with E-state index in [2.05, 4.69) is 0 Å². The van der Waals surface area contributed by atoms with Gasteiger partial charge in [0.05, 0.1) is 0 Å². The van der Waals surface area contributed by atoms with E-state index in [1.807, 2.05) is 0 Å². The number of halogens is 1. The zero-order valence-electron chi connectivity index (χ0n) is 2.32. The van der Waals surface area contributed by atoms with Gasteiger partial charge in [-0.2, -0.15) is 0 Å². The summed E-state index contributed by atoms with van der Waals surface area (Å²) in [7, 11) is 0. The third kappa shape index (κ3) is 203. The van der Waals surface area contributed by atoms with Crippen molar-refractivity contribution >= 4 is 0 Å². The fourth-order valence-electron chi connectivity index (χ4n) is 0. The molecule has 6 N–H and O–H groups in total. The molecule has 0 saturated carbocycles. The minimum atomic E-state index is 0. The summed E-state index contributed by atoms with van der Waals surface area (Å²) >= 11 is 0. The summed E-state index contributed by atoms with van der Waals surface area (Å²) in [6.07, 6.45) is 0. The van der Waals surface area contributed by atoms with E-state index in [0.717, 1.165) is 0 Å². The van der Waals surface area contributed by atoms with Crippen molar-refractivity contribution in [3.05, 3.63) is 0 Å². The molecule has 0 fully saturated rings. The molecule has 5 heteroatoms. The quantitative estimate of drug-likeness (QED) is 0.348. The summed E-state index contributed by atoms with van der Waals surface area (Å²) in [6.45, 7) is 0. The molecule has 0 bridgehead atoms. The molecular weight excluding hydrogens is 119 g/mol. The third-order valence-corrected chi connectivity index (χ3v) is 0. The molecule has 0 atom stereocenters. The van der Waals surface area contributed by atoms with Crippen LogP contribution >= 0.6 is 0 Å². The first kappa shape index (κ1) is 859. The van der Waals surface area contributed by atoms with Gasteiger partial charge >= 0.3 is 0 Å². The summed E-state index contributed by atoms with van der Waals surface area (Å²) in [5.41, 5.74) is 0. The molecule has 0 aromatic rings. The Hall–Kier alpha value is 0.342. The molecule has 0 unspecified atom stereocenters. The van der Waals surface area contributed by atoms with Crippen molar-refractivity contribution in [3.8, 4) is 0 Å². The van der Waals surface area contributed by atoms with Gasteiger partial charge in [0, 0.05) is 17.4 Å². The Morgan fingerprint density at radius 2 is 0.600 bits per heavy atom. The number of rotatable bonds is 0. The molecule has 0 aliphatic heterocycles. The molecular formula is H7CrFO3. The predicted molar refractivity (Wildman–Crippen MR) is 13.3 cm³/mol. The Morgan fingerprint density at radius 1 is 0.600 bits per heavy atom. The van der Waals surface area contributed by atoms with E-state index in [1.165, 1.54) is 0 Å². The van der Waals surface area contributed by atoms with Gasteiger partial charge in [-0.05, 0) is 0 Å². The van der Waals surface area contributed by atoms with Crippen molar-refractivity contribution in [1.82, 2.24) is 0 Å². The van der Waals surface area contributed by atoms with Crippen molar-refractivity contribution < 1.29 is 38.5 Å². The van der Waals surface area contributed by atoms with E-state index in [9.17, 15) is 0 Å². The zero-order valence-corrected chi connectivity index (χ0v) is 3.59. The smallest absolute Gasteiger partial charge is 0 e. The Bertz CT molecular complexity index is 6.85. The minimum Gasteiger partial charge on any atom is -0.412 e. The molecule has 0 aromatic carbocycles. The maximum absolute atomic E-state index is 0. The average Bonchev–Trinajstić information content (AvgIpc) is 0. The van der Waals surface area contributed by atoms with Crippen LogP contribution in [0.15, 0.2) is 0 Å². The fraction of sp³-hybridized carbons (Fsp3) is 0. The van der Waals surface area contributed by atoms with Gasteiger partial charge in [-0.15, -0.1) is 0 Å². The zero-order chi connectivity index (χ0) is 0. The van der Waals surface area contributed by atoms with Gasteiger partial charge in [0.1, 0.15) is 0 Å². The van der Waals surface area contributed by atoms with Gasteiger partial charge < -0.3 is 16.4 Å². The average molecular weight is 126 g/mol. The van der Waals surface area contributed by atoms with Crippen LogP contribution in [0.2, 0.25) is 0 Å². The summed E-state index contributed by atoms with van der Waals surface area (Å²) < 4.78 is 0. The second-order valence-corrected chi connectivity index (χ2v) is 0. The predicted octanol–water partition coefficient (Wildman–Crippen LogP) is -2.32. The topological polar surface area (TPSA) is 94.5 Å². The standard InChI is InChI=1S/Cr.FH.3H2O/h;1H;3*1H2. The molecule has 0 amide bonds.